The quantitative estimate of drug-likeness (QED) is 0.871. The average molecular weight is 283 g/mol. The number of benzene rings is 1. The summed E-state index contributed by atoms with van der Waals surface area (Å²) in [5, 5.41) is 0.699. The summed E-state index contributed by atoms with van der Waals surface area (Å²) >= 11 is 6.16. The van der Waals surface area contributed by atoms with E-state index in [1.54, 1.807) is 4.90 Å². The fourth-order valence-corrected chi connectivity index (χ4v) is 2.20. The maximum absolute atomic E-state index is 12.1. The predicted octanol–water partition coefficient (Wildman–Crippen LogP) is 3.23. The van der Waals surface area contributed by atoms with Crippen LogP contribution in [0.3, 0.4) is 0 Å². The minimum absolute atomic E-state index is 0.0191. The minimum atomic E-state index is -0.0191. The van der Waals surface area contributed by atoms with Gasteiger partial charge in [-0.3, -0.25) is 4.79 Å². The number of hydrogen-bond donors (Lipinski definition) is 1. The molecule has 0 aliphatic carbocycles. The number of amides is 1. The van der Waals surface area contributed by atoms with Gasteiger partial charge >= 0.3 is 0 Å². The number of rotatable bonds is 6. The standard InChI is InChI=1S/C15H23ClN2O/c1-11(10-17)8-9-15(19)18(3)12(2)13-6-4-5-7-14(13)16/h4-7,11-12H,8-10,17H2,1-3H3. The molecular weight excluding hydrogens is 260 g/mol. The number of nitrogens with two attached hydrogens (primary N) is 1. The summed E-state index contributed by atoms with van der Waals surface area (Å²) in [5.74, 6) is 0.515. The third-order valence-corrected chi connectivity index (χ3v) is 3.93. The van der Waals surface area contributed by atoms with Crippen LogP contribution in [0, 0.1) is 5.92 Å². The Morgan fingerprint density at radius 2 is 2.00 bits per heavy atom. The Balaban J connectivity index is 2.64. The van der Waals surface area contributed by atoms with Crippen molar-refractivity contribution in [2.24, 2.45) is 11.7 Å². The molecule has 0 fully saturated rings. The molecule has 2 atom stereocenters. The van der Waals surface area contributed by atoms with Gasteiger partial charge < -0.3 is 10.6 Å². The Labute approximate surface area is 120 Å². The van der Waals surface area contributed by atoms with E-state index in [0.29, 0.717) is 23.9 Å². The molecule has 1 amide bonds. The number of carbonyl (C=O) groups is 1. The van der Waals surface area contributed by atoms with Gasteiger partial charge in [-0.25, -0.2) is 0 Å². The summed E-state index contributed by atoms with van der Waals surface area (Å²) in [6, 6.07) is 7.62. The van der Waals surface area contributed by atoms with Crippen molar-refractivity contribution < 1.29 is 4.79 Å². The van der Waals surface area contributed by atoms with Crippen LogP contribution < -0.4 is 5.73 Å². The SMILES string of the molecule is CC(CN)CCC(=O)N(C)C(C)c1ccccc1Cl. The predicted molar refractivity (Wildman–Crippen MR) is 80.1 cm³/mol. The van der Waals surface area contributed by atoms with Crippen LogP contribution in [0.25, 0.3) is 0 Å². The fraction of sp³-hybridized carbons (Fsp3) is 0.533. The molecule has 0 saturated heterocycles. The third kappa shape index (κ3) is 4.51. The zero-order valence-electron chi connectivity index (χ0n) is 11.9. The molecule has 0 radical (unpaired) electrons. The smallest absolute Gasteiger partial charge is 0.222 e. The van der Waals surface area contributed by atoms with E-state index >= 15 is 0 Å². The average Bonchev–Trinajstić information content (AvgIpc) is 2.43. The van der Waals surface area contributed by atoms with Gasteiger partial charge in [-0.1, -0.05) is 36.7 Å². The highest BCUT2D eigenvalue weighted by Gasteiger charge is 2.19. The number of nitrogens with zero attached hydrogens (tertiary/aromatic N) is 1. The van der Waals surface area contributed by atoms with Gasteiger partial charge in [0.15, 0.2) is 0 Å². The second-order valence-corrected chi connectivity index (χ2v) is 5.49. The molecule has 4 heteroatoms. The van der Waals surface area contributed by atoms with Gasteiger partial charge in [0.2, 0.25) is 5.91 Å². The van der Waals surface area contributed by atoms with E-state index < -0.39 is 0 Å². The zero-order chi connectivity index (χ0) is 14.4. The molecule has 1 aromatic carbocycles. The van der Waals surface area contributed by atoms with Gasteiger partial charge in [0, 0.05) is 18.5 Å². The second-order valence-electron chi connectivity index (χ2n) is 5.08. The lowest BCUT2D eigenvalue weighted by atomic mass is 10.0. The first kappa shape index (κ1) is 16.0. The Morgan fingerprint density at radius 1 is 1.37 bits per heavy atom. The van der Waals surface area contributed by atoms with Crippen molar-refractivity contribution in [3.05, 3.63) is 34.9 Å². The van der Waals surface area contributed by atoms with Crippen LogP contribution in [0.2, 0.25) is 5.02 Å². The molecule has 0 spiro atoms. The van der Waals surface area contributed by atoms with Crippen molar-refractivity contribution in [3.8, 4) is 0 Å². The first-order valence-electron chi connectivity index (χ1n) is 6.67. The topological polar surface area (TPSA) is 46.3 Å². The summed E-state index contributed by atoms with van der Waals surface area (Å²) in [4.78, 5) is 13.9. The van der Waals surface area contributed by atoms with Gasteiger partial charge in [0.05, 0.1) is 6.04 Å². The Bertz CT molecular complexity index is 422. The first-order valence-corrected chi connectivity index (χ1v) is 7.05. The van der Waals surface area contributed by atoms with Crippen molar-refractivity contribution >= 4 is 17.5 Å². The molecule has 3 nitrogen and oxygen atoms in total. The van der Waals surface area contributed by atoms with E-state index in [2.05, 4.69) is 6.92 Å². The van der Waals surface area contributed by atoms with E-state index in [1.165, 1.54) is 0 Å². The molecule has 0 aromatic heterocycles. The lowest BCUT2D eigenvalue weighted by Gasteiger charge is -2.26. The number of hydrogen-bond acceptors (Lipinski definition) is 2. The molecule has 1 rings (SSSR count). The van der Waals surface area contributed by atoms with Crippen molar-refractivity contribution in [1.82, 2.24) is 4.90 Å². The molecule has 1 aromatic rings. The van der Waals surface area contributed by atoms with Gasteiger partial charge in [0.1, 0.15) is 0 Å². The van der Waals surface area contributed by atoms with Gasteiger partial charge in [-0.15, -0.1) is 0 Å². The molecule has 0 heterocycles. The molecule has 0 aliphatic heterocycles. The summed E-state index contributed by atoms with van der Waals surface area (Å²) in [6.07, 6.45) is 1.36. The van der Waals surface area contributed by atoms with Gasteiger partial charge in [-0.2, -0.15) is 0 Å². The Hall–Kier alpha value is -1.06. The largest absolute Gasteiger partial charge is 0.339 e. The monoisotopic (exact) mass is 282 g/mol. The summed E-state index contributed by atoms with van der Waals surface area (Å²) in [6.45, 7) is 4.67. The molecular formula is C15H23ClN2O. The molecule has 2 unspecified atom stereocenters. The second kappa shape index (κ2) is 7.51. The van der Waals surface area contributed by atoms with Crippen molar-refractivity contribution in [2.75, 3.05) is 13.6 Å². The van der Waals surface area contributed by atoms with E-state index in [4.69, 9.17) is 17.3 Å². The van der Waals surface area contributed by atoms with E-state index in [0.717, 1.165) is 12.0 Å². The number of carbonyl (C=O) groups excluding carboxylic acids is 1. The molecule has 2 N–H and O–H groups in total. The van der Waals surface area contributed by atoms with Gasteiger partial charge in [-0.05, 0) is 37.4 Å². The maximum Gasteiger partial charge on any atom is 0.222 e. The number of halogens is 1. The lowest BCUT2D eigenvalue weighted by Crippen LogP contribution is -2.30. The molecule has 0 saturated carbocycles. The van der Waals surface area contributed by atoms with E-state index in [9.17, 15) is 4.79 Å². The van der Waals surface area contributed by atoms with Crippen LogP contribution in [0.1, 0.15) is 38.3 Å². The van der Waals surface area contributed by atoms with Crippen molar-refractivity contribution in [3.63, 3.8) is 0 Å². The van der Waals surface area contributed by atoms with Crippen LogP contribution >= 0.6 is 11.6 Å². The molecule has 0 aliphatic rings. The van der Waals surface area contributed by atoms with Crippen LogP contribution in [0.5, 0.6) is 0 Å². The first-order chi connectivity index (χ1) is 8.97. The van der Waals surface area contributed by atoms with Gasteiger partial charge in [0.25, 0.3) is 0 Å². The Morgan fingerprint density at radius 3 is 2.58 bits per heavy atom. The maximum atomic E-state index is 12.1. The molecule has 0 bridgehead atoms. The molecule has 19 heavy (non-hydrogen) atoms. The highest BCUT2D eigenvalue weighted by molar-refractivity contribution is 6.31. The van der Waals surface area contributed by atoms with Crippen LogP contribution in [0.4, 0.5) is 0 Å². The highest BCUT2D eigenvalue weighted by Crippen LogP contribution is 2.26. The summed E-state index contributed by atoms with van der Waals surface area (Å²) < 4.78 is 0. The van der Waals surface area contributed by atoms with E-state index in [1.807, 2.05) is 38.2 Å². The summed E-state index contributed by atoms with van der Waals surface area (Å²) in [7, 11) is 1.82. The van der Waals surface area contributed by atoms with Crippen LogP contribution in [0.15, 0.2) is 24.3 Å². The summed E-state index contributed by atoms with van der Waals surface area (Å²) in [5.41, 5.74) is 6.54. The third-order valence-electron chi connectivity index (χ3n) is 3.58. The molecule has 106 valence electrons. The minimum Gasteiger partial charge on any atom is -0.339 e. The highest BCUT2D eigenvalue weighted by atomic mass is 35.5. The fourth-order valence-electron chi connectivity index (χ4n) is 1.90. The zero-order valence-corrected chi connectivity index (χ0v) is 12.7. The van der Waals surface area contributed by atoms with Crippen molar-refractivity contribution in [2.45, 2.75) is 32.7 Å². The lowest BCUT2D eigenvalue weighted by molar-refractivity contribution is -0.132. The van der Waals surface area contributed by atoms with Crippen LogP contribution in [-0.4, -0.2) is 24.4 Å². The normalized spacial score (nSPS) is 13.9. The van der Waals surface area contributed by atoms with Crippen molar-refractivity contribution in [1.29, 1.82) is 0 Å². The Kier molecular flexibility index (Phi) is 6.32. The van der Waals surface area contributed by atoms with E-state index in [-0.39, 0.29) is 11.9 Å². The van der Waals surface area contributed by atoms with Crippen LogP contribution in [-0.2, 0) is 4.79 Å².